The fraction of sp³-hybridized carbons (Fsp3) is 0.250. The van der Waals surface area contributed by atoms with Crippen LogP contribution in [-0.4, -0.2) is 8.42 Å². The van der Waals surface area contributed by atoms with Crippen LogP contribution in [0.4, 0.5) is 5.69 Å². The number of hydrogen-bond donors (Lipinski definition) is 1. The summed E-state index contributed by atoms with van der Waals surface area (Å²) in [6.45, 7) is 8.00. The standard InChI is InChI=1S/C12H9NO2S.2C2H6/c14-16(15)12-8-4-2-6-10(12)9-5-1-3-7-11(9)13-16;2*1-2/h1-8,13H;2*1-2H3. The van der Waals surface area contributed by atoms with Crippen molar-refractivity contribution in [3.63, 3.8) is 0 Å². The van der Waals surface area contributed by atoms with Gasteiger partial charge in [-0.1, -0.05) is 64.1 Å². The van der Waals surface area contributed by atoms with Gasteiger partial charge in [-0.05, 0) is 12.1 Å². The molecule has 2 aromatic carbocycles. The lowest BCUT2D eigenvalue weighted by molar-refractivity contribution is 0.601. The molecule has 108 valence electrons. The minimum atomic E-state index is -3.41. The van der Waals surface area contributed by atoms with E-state index in [0.29, 0.717) is 10.6 Å². The maximum Gasteiger partial charge on any atom is 0.262 e. The van der Waals surface area contributed by atoms with E-state index in [0.717, 1.165) is 11.1 Å². The third-order valence-electron chi connectivity index (χ3n) is 2.64. The molecule has 0 saturated carbocycles. The first-order chi connectivity index (χ1) is 9.68. The van der Waals surface area contributed by atoms with Crippen LogP contribution < -0.4 is 4.72 Å². The van der Waals surface area contributed by atoms with Crippen molar-refractivity contribution in [2.75, 3.05) is 4.72 Å². The number of rotatable bonds is 0. The van der Waals surface area contributed by atoms with E-state index < -0.39 is 10.0 Å². The van der Waals surface area contributed by atoms with Crippen LogP contribution in [0.15, 0.2) is 53.4 Å². The Morgan fingerprint density at radius 1 is 0.750 bits per heavy atom. The van der Waals surface area contributed by atoms with E-state index in [1.54, 1.807) is 18.2 Å². The van der Waals surface area contributed by atoms with Crippen molar-refractivity contribution >= 4 is 15.7 Å². The van der Waals surface area contributed by atoms with Gasteiger partial charge < -0.3 is 0 Å². The van der Waals surface area contributed by atoms with Gasteiger partial charge in [0.05, 0.1) is 10.6 Å². The molecule has 2 aromatic rings. The first kappa shape index (κ1) is 16.2. The number of nitrogens with one attached hydrogen (secondary N) is 1. The van der Waals surface area contributed by atoms with Gasteiger partial charge in [-0.2, -0.15) is 0 Å². The van der Waals surface area contributed by atoms with E-state index in [9.17, 15) is 8.42 Å². The van der Waals surface area contributed by atoms with Crippen molar-refractivity contribution in [3.8, 4) is 11.1 Å². The molecule has 0 saturated heterocycles. The van der Waals surface area contributed by atoms with Crippen molar-refractivity contribution in [1.29, 1.82) is 0 Å². The average Bonchev–Trinajstić information content (AvgIpc) is 2.51. The smallest absolute Gasteiger partial charge is 0.262 e. The van der Waals surface area contributed by atoms with E-state index in [-0.39, 0.29) is 0 Å². The fourth-order valence-corrected chi connectivity index (χ4v) is 3.23. The number of benzene rings is 2. The fourth-order valence-electron chi connectivity index (χ4n) is 1.93. The summed E-state index contributed by atoms with van der Waals surface area (Å²) in [6, 6.07) is 14.4. The lowest BCUT2D eigenvalue weighted by Gasteiger charge is -2.20. The van der Waals surface area contributed by atoms with E-state index in [4.69, 9.17) is 0 Å². The molecule has 0 amide bonds. The molecule has 1 aliphatic rings. The van der Waals surface area contributed by atoms with Gasteiger partial charge in [-0.25, -0.2) is 8.42 Å². The second kappa shape index (κ2) is 7.10. The second-order valence-electron chi connectivity index (χ2n) is 3.65. The molecule has 3 nitrogen and oxygen atoms in total. The first-order valence-corrected chi connectivity index (χ1v) is 8.38. The Morgan fingerprint density at radius 2 is 1.25 bits per heavy atom. The number of hydrogen-bond acceptors (Lipinski definition) is 2. The van der Waals surface area contributed by atoms with Crippen LogP contribution in [0.1, 0.15) is 27.7 Å². The molecule has 0 fully saturated rings. The maximum absolute atomic E-state index is 11.9. The van der Waals surface area contributed by atoms with Crippen LogP contribution in [0.25, 0.3) is 11.1 Å². The van der Waals surface area contributed by atoms with Crippen molar-refractivity contribution in [1.82, 2.24) is 0 Å². The molecule has 0 aliphatic carbocycles. The minimum Gasteiger partial charge on any atom is -0.279 e. The quantitative estimate of drug-likeness (QED) is 0.775. The second-order valence-corrected chi connectivity index (χ2v) is 5.30. The van der Waals surface area contributed by atoms with Crippen LogP contribution >= 0.6 is 0 Å². The van der Waals surface area contributed by atoms with E-state index in [1.807, 2.05) is 58.0 Å². The molecule has 0 aromatic heterocycles. The van der Waals surface area contributed by atoms with Crippen LogP contribution in [0.5, 0.6) is 0 Å². The van der Waals surface area contributed by atoms with E-state index >= 15 is 0 Å². The average molecular weight is 291 g/mol. The number of sulfonamides is 1. The topological polar surface area (TPSA) is 46.2 Å². The lowest BCUT2D eigenvalue weighted by Crippen LogP contribution is -2.18. The molecule has 1 heterocycles. The molecule has 0 radical (unpaired) electrons. The summed E-state index contributed by atoms with van der Waals surface area (Å²) in [6.07, 6.45) is 0. The molecule has 20 heavy (non-hydrogen) atoms. The van der Waals surface area contributed by atoms with Gasteiger partial charge in [-0.3, -0.25) is 4.72 Å². The van der Waals surface area contributed by atoms with E-state index in [1.165, 1.54) is 0 Å². The summed E-state index contributed by atoms with van der Waals surface area (Å²) < 4.78 is 26.4. The lowest BCUT2D eigenvalue weighted by atomic mass is 10.0. The largest absolute Gasteiger partial charge is 0.279 e. The molecule has 0 bridgehead atoms. The highest BCUT2D eigenvalue weighted by Gasteiger charge is 2.25. The van der Waals surface area contributed by atoms with Gasteiger partial charge in [0.1, 0.15) is 0 Å². The predicted molar refractivity (Wildman–Crippen MR) is 85.4 cm³/mol. The van der Waals surface area contributed by atoms with Gasteiger partial charge in [-0.15, -0.1) is 0 Å². The minimum absolute atomic E-state index is 0.341. The van der Waals surface area contributed by atoms with Gasteiger partial charge in [0.15, 0.2) is 0 Å². The normalized spacial score (nSPS) is 13.2. The number of anilines is 1. The van der Waals surface area contributed by atoms with Crippen LogP contribution in [0, 0.1) is 0 Å². The Hall–Kier alpha value is -1.81. The van der Waals surface area contributed by atoms with Crippen LogP contribution in [-0.2, 0) is 10.0 Å². The number of fused-ring (bicyclic) bond motifs is 3. The highest BCUT2D eigenvalue weighted by Crippen LogP contribution is 2.38. The van der Waals surface area contributed by atoms with Crippen molar-refractivity contribution in [3.05, 3.63) is 48.5 Å². The summed E-state index contributed by atoms with van der Waals surface area (Å²) in [5.74, 6) is 0. The molecule has 1 aliphatic heterocycles. The van der Waals surface area contributed by atoms with Gasteiger partial charge in [0, 0.05) is 11.1 Å². The third-order valence-corrected chi connectivity index (χ3v) is 4.06. The molecule has 3 rings (SSSR count). The Bertz CT molecular complexity index is 664. The molecular weight excluding hydrogens is 270 g/mol. The molecule has 4 heteroatoms. The molecule has 0 spiro atoms. The zero-order chi connectivity index (χ0) is 15.2. The Morgan fingerprint density at radius 3 is 1.90 bits per heavy atom. The Kier molecular flexibility index (Phi) is 5.77. The zero-order valence-electron chi connectivity index (χ0n) is 12.3. The van der Waals surface area contributed by atoms with Crippen molar-refractivity contribution < 1.29 is 8.42 Å². The van der Waals surface area contributed by atoms with Crippen molar-refractivity contribution in [2.24, 2.45) is 0 Å². The predicted octanol–water partition coefficient (Wildman–Crippen LogP) is 4.52. The van der Waals surface area contributed by atoms with Crippen molar-refractivity contribution in [2.45, 2.75) is 32.6 Å². The summed E-state index contributed by atoms with van der Waals surface area (Å²) in [5, 5.41) is 0. The SMILES string of the molecule is CC.CC.O=S1(=O)Nc2ccccc2-c2ccccc21. The van der Waals surface area contributed by atoms with Crippen LogP contribution in [0.2, 0.25) is 0 Å². The monoisotopic (exact) mass is 291 g/mol. The summed E-state index contributed by atoms with van der Waals surface area (Å²) in [5.41, 5.74) is 2.32. The summed E-state index contributed by atoms with van der Waals surface area (Å²) >= 11 is 0. The number of para-hydroxylation sites is 1. The Balaban J connectivity index is 0.000000461. The summed E-state index contributed by atoms with van der Waals surface area (Å²) in [7, 11) is -3.41. The van der Waals surface area contributed by atoms with Crippen LogP contribution in [0.3, 0.4) is 0 Å². The zero-order valence-corrected chi connectivity index (χ0v) is 13.2. The third kappa shape index (κ3) is 3.02. The molecule has 1 N–H and O–H groups in total. The summed E-state index contributed by atoms with van der Waals surface area (Å²) in [4.78, 5) is 0.341. The van der Waals surface area contributed by atoms with Gasteiger partial charge in [0.2, 0.25) is 0 Å². The molecular formula is C16H21NO2S. The van der Waals surface area contributed by atoms with Gasteiger partial charge in [0.25, 0.3) is 10.0 Å². The highest BCUT2D eigenvalue weighted by atomic mass is 32.2. The highest BCUT2D eigenvalue weighted by molar-refractivity contribution is 7.93. The van der Waals surface area contributed by atoms with E-state index in [2.05, 4.69) is 4.72 Å². The molecule has 0 atom stereocenters. The first-order valence-electron chi connectivity index (χ1n) is 6.90. The van der Waals surface area contributed by atoms with Gasteiger partial charge >= 0.3 is 0 Å². The maximum atomic E-state index is 11.9. The Labute approximate surface area is 121 Å². The molecule has 0 unspecified atom stereocenters.